The van der Waals surface area contributed by atoms with Gasteiger partial charge >= 0.3 is 0 Å². The summed E-state index contributed by atoms with van der Waals surface area (Å²) in [6, 6.07) is 13.7. The molecule has 0 aliphatic carbocycles. The number of nitrogens with zero attached hydrogens (tertiary/aromatic N) is 1. The van der Waals surface area contributed by atoms with Gasteiger partial charge < -0.3 is 10.5 Å². The van der Waals surface area contributed by atoms with E-state index in [0.29, 0.717) is 0 Å². The first-order valence-corrected chi connectivity index (χ1v) is 6.71. The second-order valence-corrected chi connectivity index (χ2v) is 4.90. The second-order valence-electron chi connectivity index (χ2n) is 3.86. The number of hydrogen-bond donors (Lipinski definition) is 1. The van der Waals surface area contributed by atoms with Gasteiger partial charge in [-0.3, -0.25) is 0 Å². The Morgan fingerprint density at radius 1 is 1.28 bits per heavy atom. The van der Waals surface area contributed by atoms with Crippen molar-refractivity contribution < 1.29 is 4.74 Å². The first kappa shape index (κ1) is 12.9. The van der Waals surface area contributed by atoms with Gasteiger partial charge in [-0.25, -0.2) is 4.98 Å². The zero-order valence-corrected chi connectivity index (χ0v) is 11.1. The molecule has 0 aliphatic rings. The normalized spacial score (nSPS) is 12.1. The van der Waals surface area contributed by atoms with Gasteiger partial charge in [0.2, 0.25) is 0 Å². The maximum absolute atomic E-state index is 6.16. The monoisotopic (exact) mass is 260 g/mol. The molecule has 0 aliphatic heterocycles. The minimum absolute atomic E-state index is 0.0212. The fraction of sp³-hybridized carbons (Fsp3) is 0.214. The van der Waals surface area contributed by atoms with E-state index in [1.54, 1.807) is 25.1 Å². The Labute approximate surface area is 111 Å². The number of aromatic nitrogens is 1. The largest absolute Gasteiger partial charge is 0.497 e. The van der Waals surface area contributed by atoms with E-state index in [-0.39, 0.29) is 6.04 Å². The number of ether oxygens (including phenoxy) is 1. The highest BCUT2D eigenvalue weighted by Gasteiger charge is 2.08. The third-order valence-corrected chi connectivity index (χ3v) is 3.63. The van der Waals surface area contributed by atoms with Crippen molar-refractivity contribution in [1.82, 2.24) is 4.98 Å². The molecule has 0 saturated carbocycles. The van der Waals surface area contributed by atoms with Crippen molar-refractivity contribution >= 4 is 11.8 Å². The summed E-state index contributed by atoms with van der Waals surface area (Å²) in [5.74, 6) is 1.63. The van der Waals surface area contributed by atoms with Crippen molar-refractivity contribution in [2.75, 3.05) is 12.9 Å². The van der Waals surface area contributed by atoms with E-state index in [0.717, 1.165) is 22.1 Å². The average molecular weight is 260 g/mol. The van der Waals surface area contributed by atoms with Gasteiger partial charge in [0.15, 0.2) is 0 Å². The first-order valence-electron chi connectivity index (χ1n) is 5.73. The van der Waals surface area contributed by atoms with Gasteiger partial charge in [0, 0.05) is 18.0 Å². The molecule has 0 saturated heterocycles. The molecule has 0 amide bonds. The molecule has 0 fully saturated rings. The maximum Gasteiger partial charge on any atom is 0.119 e. The topological polar surface area (TPSA) is 48.1 Å². The number of thioether (sulfide) groups is 1. The summed E-state index contributed by atoms with van der Waals surface area (Å²) in [6.07, 6.45) is 1.79. The van der Waals surface area contributed by atoms with E-state index < -0.39 is 0 Å². The Morgan fingerprint density at radius 2 is 2.17 bits per heavy atom. The summed E-state index contributed by atoms with van der Waals surface area (Å²) in [7, 11) is 1.66. The predicted octanol–water partition coefficient (Wildman–Crippen LogP) is 2.88. The maximum atomic E-state index is 6.16. The molecule has 0 bridgehead atoms. The first-order chi connectivity index (χ1) is 8.79. The molecule has 0 spiro atoms. The number of pyridine rings is 1. The van der Waals surface area contributed by atoms with Crippen LogP contribution in [0.5, 0.6) is 5.75 Å². The molecule has 1 heterocycles. The van der Waals surface area contributed by atoms with Crippen LogP contribution in [0.25, 0.3) is 0 Å². The van der Waals surface area contributed by atoms with Gasteiger partial charge in [-0.2, -0.15) is 0 Å². The molecule has 18 heavy (non-hydrogen) atoms. The number of rotatable bonds is 5. The zero-order valence-electron chi connectivity index (χ0n) is 10.2. The van der Waals surface area contributed by atoms with E-state index in [1.807, 2.05) is 42.5 Å². The molecule has 2 rings (SSSR count). The van der Waals surface area contributed by atoms with Crippen LogP contribution in [0.4, 0.5) is 0 Å². The van der Waals surface area contributed by atoms with Crippen molar-refractivity contribution in [3.63, 3.8) is 0 Å². The summed E-state index contributed by atoms with van der Waals surface area (Å²) in [5, 5.41) is 0.996. The fourth-order valence-corrected chi connectivity index (χ4v) is 2.43. The minimum Gasteiger partial charge on any atom is -0.497 e. The van der Waals surface area contributed by atoms with Gasteiger partial charge in [-0.15, -0.1) is 11.8 Å². The molecule has 1 unspecified atom stereocenters. The SMILES string of the molecule is COc1cccc(C(N)CSc2ccccn2)c1. The molecule has 1 aromatic heterocycles. The molecule has 1 atom stereocenters. The zero-order chi connectivity index (χ0) is 12.8. The summed E-state index contributed by atoms with van der Waals surface area (Å²) in [5.41, 5.74) is 7.24. The summed E-state index contributed by atoms with van der Waals surface area (Å²) in [6.45, 7) is 0. The van der Waals surface area contributed by atoms with Crippen LogP contribution in [-0.4, -0.2) is 17.8 Å². The Bertz CT molecular complexity index is 490. The third-order valence-electron chi connectivity index (χ3n) is 2.57. The average Bonchev–Trinajstić information content (AvgIpc) is 2.46. The van der Waals surface area contributed by atoms with E-state index in [2.05, 4.69) is 4.98 Å². The van der Waals surface area contributed by atoms with Crippen LogP contribution in [-0.2, 0) is 0 Å². The van der Waals surface area contributed by atoms with Crippen LogP contribution >= 0.6 is 11.8 Å². The molecular formula is C14H16N2OS. The lowest BCUT2D eigenvalue weighted by Gasteiger charge is -2.12. The standard InChI is InChI=1S/C14H16N2OS/c1-17-12-6-4-5-11(9-12)13(15)10-18-14-7-2-3-8-16-14/h2-9,13H,10,15H2,1H3. The molecule has 94 valence electrons. The van der Waals surface area contributed by atoms with E-state index in [1.165, 1.54) is 0 Å². The lowest BCUT2D eigenvalue weighted by molar-refractivity contribution is 0.414. The van der Waals surface area contributed by atoms with Crippen molar-refractivity contribution in [1.29, 1.82) is 0 Å². The molecule has 3 nitrogen and oxygen atoms in total. The van der Waals surface area contributed by atoms with Crippen LogP contribution in [0.3, 0.4) is 0 Å². The third kappa shape index (κ3) is 3.48. The van der Waals surface area contributed by atoms with Crippen molar-refractivity contribution in [2.45, 2.75) is 11.1 Å². The van der Waals surface area contributed by atoms with E-state index in [9.17, 15) is 0 Å². The van der Waals surface area contributed by atoms with Crippen molar-refractivity contribution in [3.05, 3.63) is 54.2 Å². The summed E-state index contributed by atoms with van der Waals surface area (Å²) in [4.78, 5) is 4.26. The molecule has 4 heteroatoms. The van der Waals surface area contributed by atoms with Gasteiger partial charge in [-0.1, -0.05) is 18.2 Å². The fourth-order valence-electron chi connectivity index (χ4n) is 1.58. The number of hydrogen-bond acceptors (Lipinski definition) is 4. The molecule has 0 radical (unpaired) electrons. The number of benzene rings is 1. The predicted molar refractivity (Wildman–Crippen MR) is 74.9 cm³/mol. The van der Waals surface area contributed by atoms with E-state index >= 15 is 0 Å². The number of nitrogens with two attached hydrogens (primary N) is 1. The molecule has 2 aromatic rings. The molecule has 1 aromatic carbocycles. The van der Waals surface area contributed by atoms with Crippen LogP contribution < -0.4 is 10.5 Å². The highest BCUT2D eigenvalue weighted by molar-refractivity contribution is 7.99. The Morgan fingerprint density at radius 3 is 2.89 bits per heavy atom. The Balaban J connectivity index is 1.97. The second kappa shape index (κ2) is 6.42. The summed E-state index contributed by atoms with van der Waals surface area (Å²) >= 11 is 1.66. The van der Waals surface area contributed by atoms with Crippen LogP contribution in [0.15, 0.2) is 53.7 Å². The minimum atomic E-state index is -0.0212. The highest BCUT2D eigenvalue weighted by atomic mass is 32.2. The lowest BCUT2D eigenvalue weighted by atomic mass is 10.1. The van der Waals surface area contributed by atoms with Crippen LogP contribution in [0.2, 0.25) is 0 Å². The smallest absolute Gasteiger partial charge is 0.119 e. The lowest BCUT2D eigenvalue weighted by Crippen LogP contribution is -2.13. The highest BCUT2D eigenvalue weighted by Crippen LogP contribution is 2.23. The Hall–Kier alpha value is -1.52. The molecule has 2 N–H and O–H groups in total. The van der Waals surface area contributed by atoms with Gasteiger partial charge in [0.1, 0.15) is 5.75 Å². The quantitative estimate of drug-likeness (QED) is 0.840. The van der Waals surface area contributed by atoms with Gasteiger partial charge in [0.05, 0.1) is 12.1 Å². The number of methoxy groups -OCH3 is 1. The summed E-state index contributed by atoms with van der Waals surface area (Å²) < 4.78 is 5.19. The van der Waals surface area contributed by atoms with Crippen molar-refractivity contribution in [2.24, 2.45) is 5.73 Å². The van der Waals surface area contributed by atoms with Gasteiger partial charge in [0.25, 0.3) is 0 Å². The van der Waals surface area contributed by atoms with Crippen LogP contribution in [0, 0.1) is 0 Å². The van der Waals surface area contributed by atoms with Crippen molar-refractivity contribution in [3.8, 4) is 5.75 Å². The Kier molecular flexibility index (Phi) is 4.61. The van der Waals surface area contributed by atoms with Gasteiger partial charge in [-0.05, 0) is 29.8 Å². The van der Waals surface area contributed by atoms with E-state index in [4.69, 9.17) is 10.5 Å². The molecular weight excluding hydrogens is 244 g/mol. The van der Waals surface area contributed by atoms with Crippen LogP contribution in [0.1, 0.15) is 11.6 Å².